The lowest BCUT2D eigenvalue weighted by atomic mass is 9.98. The molecule has 0 aliphatic rings. The molecule has 0 fully saturated rings. The van der Waals surface area contributed by atoms with Crippen LogP contribution in [0.1, 0.15) is 41.0 Å². The Balaban J connectivity index is 2.48. The first-order valence-electron chi connectivity index (χ1n) is 7.19. The van der Waals surface area contributed by atoms with Gasteiger partial charge in [-0.25, -0.2) is 0 Å². The van der Waals surface area contributed by atoms with Crippen molar-refractivity contribution < 1.29 is 4.74 Å². The zero-order valence-corrected chi connectivity index (χ0v) is 15.4. The fourth-order valence-corrected chi connectivity index (χ4v) is 3.98. The van der Waals surface area contributed by atoms with E-state index >= 15 is 0 Å². The number of methoxy groups -OCH3 is 1. The minimum absolute atomic E-state index is 0.176. The molecule has 1 heterocycles. The molecule has 1 aromatic heterocycles. The van der Waals surface area contributed by atoms with Crippen molar-refractivity contribution in [2.24, 2.45) is 0 Å². The van der Waals surface area contributed by atoms with Gasteiger partial charge in [-0.1, -0.05) is 19.1 Å². The lowest BCUT2D eigenvalue weighted by molar-refractivity contribution is 0.400. The van der Waals surface area contributed by atoms with Crippen LogP contribution in [-0.4, -0.2) is 13.7 Å². The van der Waals surface area contributed by atoms with Gasteiger partial charge in [0.2, 0.25) is 0 Å². The molecule has 0 spiro atoms. The molecule has 4 heteroatoms. The van der Waals surface area contributed by atoms with E-state index < -0.39 is 0 Å². The van der Waals surface area contributed by atoms with Gasteiger partial charge in [-0.3, -0.25) is 0 Å². The standard InChI is InChI=1S/C17H22BrNOS/c1-5-8-19-16(15-9-13(18)10-21-15)14-7-6-11(2)12(3)17(14)20-4/h6-7,9-10,16,19H,5,8H2,1-4H3. The molecule has 0 radical (unpaired) electrons. The van der Waals surface area contributed by atoms with E-state index in [1.807, 2.05) is 0 Å². The Hall–Kier alpha value is -0.840. The maximum Gasteiger partial charge on any atom is 0.127 e. The highest BCUT2D eigenvalue weighted by Gasteiger charge is 2.21. The summed E-state index contributed by atoms with van der Waals surface area (Å²) in [6, 6.07) is 6.72. The second-order valence-electron chi connectivity index (χ2n) is 5.18. The SMILES string of the molecule is CCCNC(c1cc(Br)cs1)c1ccc(C)c(C)c1OC. The second kappa shape index (κ2) is 7.43. The van der Waals surface area contributed by atoms with E-state index in [1.54, 1.807) is 18.4 Å². The highest BCUT2D eigenvalue weighted by Crippen LogP contribution is 2.37. The number of rotatable bonds is 6. The summed E-state index contributed by atoms with van der Waals surface area (Å²) >= 11 is 5.32. The minimum atomic E-state index is 0.176. The summed E-state index contributed by atoms with van der Waals surface area (Å²) in [6.45, 7) is 7.42. The molecule has 21 heavy (non-hydrogen) atoms. The van der Waals surface area contributed by atoms with Crippen LogP contribution < -0.4 is 10.1 Å². The molecule has 0 bridgehead atoms. The lowest BCUT2D eigenvalue weighted by Crippen LogP contribution is -2.23. The number of hydrogen-bond donors (Lipinski definition) is 1. The van der Waals surface area contributed by atoms with Crippen molar-refractivity contribution in [3.05, 3.63) is 49.6 Å². The van der Waals surface area contributed by atoms with E-state index in [4.69, 9.17) is 4.74 Å². The van der Waals surface area contributed by atoms with Gasteiger partial charge in [-0.05, 0) is 59.9 Å². The van der Waals surface area contributed by atoms with Crippen LogP contribution in [0.15, 0.2) is 28.1 Å². The first-order valence-corrected chi connectivity index (χ1v) is 8.87. The summed E-state index contributed by atoms with van der Waals surface area (Å²) in [4.78, 5) is 1.30. The third-order valence-electron chi connectivity index (χ3n) is 3.69. The molecular formula is C17H22BrNOS. The van der Waals surface area contributed by atoms with E-state index in [9.17, 15) is 0 Å². The van der Waals surface area contributed by atoms with Crippen LogP contribution in [0.5, 0.6) is 5.75 Å². The minimum Gasteiger partial charge on any atom is -0.496 e. The van der Waals surface area contributed by atoms with E-state index in [2.05, 4.69) is 65.6 Å². The smallest absolute Gasteiger partial charge is 0.127 e. The first kappa shape index (κ1) is 16.5. The average Bonchev–Trinajstić information content (AvgIpc) is 2.89. The van der Waals surface area contributed by atoms with E-state index in [0.29, 0.717) is 0 Å². The number of halogens is 1. The summed E-state index contributed by atoms with van der Waals surface area (Å²) < 4.78 is 6.83. The number of benzene rings is 1. The van der Waals surface area contributed by atoms with Crippen LogP contribution >= 0.6 is 27.3 Å². The Morgan fingerprint density at radius 2 is 2.10 bits per heavy atom. The van der Waals surface area contributed by atoms with Crippen molar-refractivity contribution in [2.75, 3.05) is 13.7 Å². The van der Waals surface area contributed by atoms with Crippen LogP contribution in [0.4, 0.5) is 0 Å². The van der Waals surface area contributed by atoms with Crippen LogP contribution in [0.2, 0.25) is 0 Å². The van der Waals surface area contributed by atoms with Crippen molar-refractivity contribution in [2.45, 2.75) is 33.2 Å². The number of hydrogen-bond acceptors (Lipinski definition) is 3. The number of ether oxygens (including phenoxy) is 1. The van der Waals surface area contributed by atoms with E-state index in [0.717, 1.165) is 23.2 Å². The molecule has 0 saturated carbocycles. The van der Waals surface area contributed by atoms with Gasteiger partial charge in [0.1, 0.15) is 5.75 Å². The Labute approximate surface area is 139 Å². The number of thiophene rings is 1. The van der Waals surface area contributed by atoms with Gasteiger partial charge < -0.3 is 10.1 Å². The highest BCUT2D eigenvalue weighted by molar-refractivity contribution is 9.10. The van der Waals surface area contributed by atoms with Crippen molar-refractivity contribution >= 4 is 27.3 Å². The third kappa shape index (κ3) is 3.68. The van der Waals surface area contributed by atoms with Gasteiger partial charge in [-0.15, -0.1) is 11.3 Å². The summed E-state index contributed by atoms with van der Waals surface area (Å²) in [5.41, 5.74) is 3.69. The lowest BCUT2D eigenvalue weighted by Gasteiger charge is -2.22. The molecule has 1 unspecified atom stereocenters. The Morgan fingerprint density at radius 3 is 2.67 bits per heavy atom. The van der Waals surface area contributed by atoms with Gasteiger partial charge in [0, 0.05) is 20.3 Å². The van der Waals surface area contributed by atoms with Gasteiger partial charge in [0.25, 0.3) is 0 Å². The second-order valence-corrected chi connectivity index (χ2v) is 7.04. The van der Waals surface area contributed by atoms with E-state index in [1.165, 1.54) is 21.6 Å². The molecule has 1 N–H and O–H groups in total. The maximum atomic E-state index is 5.70. The Morgan fingerprint density at radius 1 is 1.33 bits per heavy atom. The molecule has 1 aromatic carbocycles. The highest BCUT2D eigenvalue weighted by atomic mass is 79.9. The fourth-order valence-electron chi connectivity index (χ4n) is 2.44. The maximum absolute atomic E-state index is 5.70. The van der Waals surface area contributed by atoms with Gasteiger partial charge in [0.05, 0.1) is 13.2 Å². The van der Waals surface area contributed by atoms with E-state index in [-0.39, 0.29) is 6.04 Å². The molecule has 0 saturated heterocycles. The quantitative estimate of drug-likeness (QED) is 0.754. The van der Waals surface area contributed by atoms with Crippen molar-refractivity contribution in [3.8, 4) is 5.75 Å². The predicted octanol–water partition coefficient (Wildman–Crippen LogP) is 5.23. The molecule has 0 amide bonds. The molecule has 2 rings (SSSR count). The van der Waals surface area contributed by atoms with Crippen molar-refractivity contribution in [1.29, 1.82) is 0 Å². The van der Waals surface area contributed by atoms with Crippen molar-refractivity contribution in [1.82, 2.24) is 5.32 Å². The van der Waals surface area contributed by atoms with Gasteiger partial charge >= 0.3 is 0 Å². The summed E-state index contributed by atoms with van der Waals surface area (Å²) in [6.07, 6.45) is 1.11. The van der Waals surface area contributed by atoms with Gasteiger partial charge in [-0.2, -0.15) is 0 Å². The molecule has 2 aromatic rings. The largest absolute Gasteiger partial charge is 0.496 e. The predicted molar refractivity (Wildman–Crippen MR) is 94.6 cm³/mol. The molecule has 2 nitrogen and oxygen atoms in total. The first-order chi connectivity index (χ1) is 10.1. The Bertz CT molecular complexity index is 609. The zero-order valence-electron chi connectivity index (χ0n) is 13.0. The van der Waals surface area contributed by atoms with Crippen molar-refractivity contribution in [3.63, 3.8) is 0 Å². The third-order valence-corrected chi connectivity index (χ3v) is 5.45. The van der Waals surface area contributed by atoms with Crippen LogP contribution in [-0.2, 0) is 0 Å². The number of aryl methyl sites for hydroxylation is 1. The molecular weight excluding hydrogens is 346 g/mol. The summed E-state index contributed by atoms with van der Waals surface area (Å²) in [5, 5.41) is 5.77. The van der Waals surface area contributed by atoms with Crippen LogP contribution in [0.25, 0.3) is 0 Å². The molecule has 1 atom stereocenters. The normalized spacial score (nSPS) is 12.4. The topological polar surface area (TPSA) is 21.3 Å². The monoisotopic (exact) mass is 367 g/mol. The van der Waals surface area contributed by atoms with Gasteiger partial charge in [0.15, 0.2) is 0 Å². The number of nitrogens with one attached hydrogen (secondary N) is 1. The van der Waals surface area contributed by atoms with Crippen LogP contribution in [0, 0.1) is 13.8 Å². The average molecular weight is 368 g/mol. The fraction of sp³-hybridized carbons (Fsp3) is 0.412. The summed E-state index contributed by atoms with van der Waals surface area (Å²) in [5.74, 6) is 0.994. The molecule has 0 aliphatic carbocycles. The zero-order chi connectivity index (χ0) is 15.4. The molecule has 114 valence electrons. The molecule has 0 aliphatic heterocycles. The summed E-state index contributed by atoms with van der Waals surface area (Å²) in [7, 11) is 1.76. The Kier molecular flexibility index (Phi) is 5.85. The van der Waals surface area contributed by atoms with Crippen LogP contribution in [0.3, 0.4) is 0 Å².